The molecule has 150 valence electrons. The van der Waals surface area contributed by atoms with Crippen LogP contribution in [0.25, 0.3) is 10.2 Å². The molecule has 29 heavy (non-hydrogen) atoms. The Morgan fingerprint density at radius 2 is 2.17 bits per heavy atom. The van der Waals surface area contributed by atoms with Crippen molar-refractivity contribution in [3.05, 3.63) is 55.8 Å². The fourth-order valence-electron chi connectivity index (χ4n) is 2.81. The van der Waals surface area contributed by atoms with Gasteiger partial charge in [0, 0.05) is 16.3 Å². The number of fused-ring (bicyclic) bond motifs is 1. The van der Waals surface area contributed by atoms with E-state index in [0.29, 0.717) is 15.4 Å². The summed E-state index contributed by atoms with van der Waals surface area (Å²) < 4.78 is 3.07. The first-order chi connectivity index (χ1) is 14.0. The number of hydrogen-bond donors (Lipinski definition) is 1. The first-order valence-corrected chi connectivity index (χ1v) is 11.5. The lowest BCUT2D eigenvalue weighted by Gasteiger charge is -2.08. The standard InChI is InChI=1S/C18H18N6O2S3/c1-11-12(2)29-16-15(11)17(26)24(9-19-16)22-14(25)8-28-18-21-20-10-23(18)6-5-13-4-3-7-27-13/h3-4,7,9-10H,5-6,8H2,1-2H3,(H,22,25). The molecule has 0 spiro atoms. The van der Waals surface area contributed by atoms with Gasteiger partial charge in [0.15, 0.2) is 5.16 Å². The quantitative estimate of drug-likeness (QED) is 0.439. The molecule has 0 saturated heterocycles. The number of aromatic nitrogens is 5. The average molecular weight is 447 g/mol. The Bertz CT molecular complexity index is 1210. The molecule has 0 radical (unpaired) electrons. The SMILES string of the molecule is Cc1sc2ncn(NC(=O)CSc3nncn3CCc3cccs3)c(=O)c2c1C. The zero-order chi connectivity index (χ0) is 20.4. The Hall–Kier alpha value is -2.50. The van der Waals surface area contributed by atoms with Gasteiger partial charge in [-0.3, -0.25) is 15.0 Å². The van der Waals surface area contributed by atoms with Crippen molar-refractivity contribution in [2.45, 2.75) is 32.0 Å². The van der Waals surface area contributed by atoms with E-state index in [-0.39, 0.29) is 17.2 Å². The van der Waals surface area contributed by atoms with Crippen molar-refractivity contribution in [2.75, 3.05) is 11.2 Å². The van der Waals surface area contributed by atoms with E-state index in [0.717, 1.165) is 28.1 Å². The second kappa shape index (κ2) is 8.47. The van der Waals surface area contributed by atoms with Gasteiger partial charge >= 0.3 is 0 Å². The molecule has 1 amide bonds. The minimum absolute atomic E-state index is 0.115. The van der Waals surface area contributed by atoms with Crippen molar-refractivity contribution in [1.29, 1.82) is 0 Å². The highest BCUT2D eigenvalue weighted by atomic mass is 32.2. The molecule has 0 atom stereocenters. The summed E-state index contributed by atoms with van der Waals surface area (Å²) in [6, 6.07) is 4.12. The largest absolute Gasteiger partial charge is 0.308 e. The maximum absolute atomic E-state index is 12.7. The summed E-state index contributed by atoms with van der Waals surface area (Å²) in [6.45, 7) is 4.59. The van der Waals surface area contributed by atoms with Crippen LogP contribution in [0.2, 0.25) is 0 Å². The minimum atomic E-state index is -0.310. The number of hydrogen-bond acceptors (Lipinski definition) is 8. The van der Waals surface area contributed by atoms with Crippen LogP contribution >= 0.6 is 34.4 Å². The van der Waals surface area contributed by atoms with Crippen LogP contribution in [0.15, 0.2) is 40.1 Å². The fraction of sp³-hybridized carbons (Fsp3) is 0.278. The smallest absolute Gasteiger partial charge is 0.281 e. The molecule has 0 unspecified atom stereocenters. The van der Waals surface area contributed by atoms with Gasteiger partial charge in [-0.1, -0.05) is 17.8 Å². The third kappa shape index (κ3) is 4.26. The molecule has 0 bridgehead atoms. The predicted molar refractivity (Wildman–Crippen MR) is 116 cm³/mol. The van der Waals surface area contributed by atoms with Gasteiger partial charge in [0.2, 0.25) is 5.91 Å². The van der Waals surface area contributed by atoms with Crippen molar-refractivity contribution in [1.82, 2.24) is 24.4 Å². The molecule has 1 N–H and O–H groups in total. The molecule has 4 aromatic rings. The molecule has 11 heteroatoms. The van der Waals surface area contributed by atoms with Gasteiger partial charge in [0.05, 0.1) is 11.1 Å². The molecule has 4 heterocycles. The number of thiophene rings is 2. The summed E-state index contributed by atoms with van der Waals surface area (Å²) in [7, 11) is 0. The summed E-state index contributed by atoms with van der Waals surface area (Å²) in [4.78, 5) is 32.3. The maximum atomic E-state index is 12.7. The Balaban J connectivity index is 1.39. The van der Waals surface area contributed by atoms with E-state index in [2.05, 4.69) is 32.1 Å². The van der Waals surface area contributed by atoms with Crippen molar-refractivity contribution in [3.63, 3.8) is 0 Å². The van der Waals surface area contributed by atoms with Crippen LogP contribution < -0.4 is 11.0 Å². The minimum Gasteiger partial charge on any atom is -0.308 e. The number of thioether (sulfide) groups is 1. The first kappa shape index (κ1) is 19.8. The zero-order valence-electron chi connectivity index (χ0n) is 15.8. The summed E-state index contributed by atoms with van der Waals surface area (Å²) in [6.07, 6.45) is 3.90. The molecule has 0 aliphatic carbocycles. The van der Waals surface area contributed by atoms with E-state index in [9.17, 15) is 9.59 Å². The Morgan fingerprint density at radius 1 is 1.31 bits per heavy atom. The lowest BCUT2D eigenvalue weighted by molar-refractivity contribution is -0.114. The number of amides is 1. The number of carbonyl (C=O) groups is 1. The number of aryl methyl sites for hydroxylation is 4. The van der Waals surface area contributed by atoms with Gasteiger partial charge in [-0.05, 0) is 37.3 Å². The number of nitrogens with one attached hydrogen (secondary N) is 1. The fourth-order valence-corrected chi connectivity index (χ4v) is 5.23. The van der Waals surface area contributed by atoms with Crippen LogP contribution in [0.5, 0.6) is 0 Å². The second-order valence-electron chi connectivity index (χ2n) is 6.34. The van der Waals surface area contributed by atoms with Crippen molar-refractivity contribution in [3.8, 4) is 0 Å². The summed E-state index contributed by atoms with van der Waals surface area (Å²) in [5.74, 6) is -0.195. The third-order valence-corrected chi connectivity index (χ3v) is 7.46. The molecule has 0 aliphatic heterocycles. The molecule has 0 aromatic carbocycles. The van der Waals surface area contributed by atoms with Crippen LogP contribution in [-0.4, -0.2) is 36.1 Å². The van der Waals surface area contributed by atoms with Crippen LogP contribution in [-0.2, 0) is 17.8 Å². The summed E-state index contributed by atoms with van der Waals surface area (Å²) >= 11 is 4.47. The van der Waals surface area contributed by atoms with E-state index in [1.165, 1.54) is 34.3 Å². The third-order valence-electron chi connectivity index (χ3n) is 4.43. The number of carbonyl (C=O) groups excluding carboxylic acids is 1. The molecule has 0 aliphatic rings. The van der Waals surface area contributed by atoms with Gasteiger partial charge in [-0.15, -0.1) is 32.9 Å². The summed E-state index contributed by atoms with van der Waals surface area (Å²) in [5, 5.41) is 11.3. The second-order valence-corrected chi connectivity index (χ2v) is 9.52. The highest BCUT2D eigenvalue weighted by molar-refractivity contribution is 7.99. The van der Waals surface area contributed by atoms with E-state index in [1.807, 2.05) is 24.5 Å². The molecule has 0 fully saturated rings. The lowest BCUT2D eigenvalue weighted by Crippen LogP contribution is -2.34. The van der Waals surface area contributed by atoms with Crippen molar-refractivity contribution in [2.24, 2.45) is 0 Å². The van der Waals surface area contributed by atoms with Gasteiger partial charge in [-0.2, -0.15) is 0 Å². The van der Waals surface area contributed by atoms with Gasteiger partial charge < -0.3 is 4.57 Å². The maximum Gasteiger partial charge on any atom is 0.281 e. The van der Waals surface area contributed by atoms with E-state index < -0.39 is 0 Å². The Morgan fingerprint density at radius 3 is 2.97 bits per heavy atom. The molecule has 8 nitrogen and oxygen atoms in total. The van der Waals surface area contributed by atoms with Crippen LogP contribution in [0.4, 0.5) is 0 Å². The molecular weight excluding hydrogens is 428 g/mol. The molecule has 0 saturated carbocycles. The van der Waals surface area contributed by atoms with E-state index >= 15 is 0 Å². The zero-order valence-corrected chi connectivity index (χ0v) is 18.2. The number of rotatable bonds is 7. The molecular formula is C18H18N6O2S3. The van der Waals surface area contributed by atoms with Gasteiger partial charge in [0.1, 0.15) is 17.5 Å². The normalized spacial score (nSPS) is 11.2. The Labute approximate surface area is 178 Å². The van der Waals surface area contributed by atoms with Crippen molar-refractivity contribution >= 4 is 50.6 Å². The van der Waals surface area contributed by atoms with Crippen molar-refractivity contribution < 1.29 is 4.79 Å². The van der Waals surface area contributed by atoms with E-state index in [4.69, 9.17) is 0 Å². The highest BCUT2D eigenvalue weighted by Crippen LogP contribution is 2.25. The topological polar surface area (TPSA) is 94.7 Å². The number of nitrogens with zero attached hydrogens (tertiary/aromatic N) is 5. The molecule has 4 aromatic heterocycles. The van der Waals surface area contributed by atoms with Gasteiger partial charge in [0.25, 0.3) is 5.56 Å². The van der Waals surface area contributed by atoms with Crippen LogP contribution in [0.3, 0.4) is 0 Å². The average Bonchev–Trinajstić information content (AvgIpc) is 3.43. The Kier molecular flexibility index (Phi) is 5.79. The van der Waals surface area contributed by atoms with Gasteiger partial charge in [-0.25, -0.2) is 9.66 Å². The summed E-state index contributed by atoms with van der Waals surface area (Å²) in [5.41, 5.74) is 3.24. The monoisotopic (exact) mass is 446 g/mol. The highest BCUT2D eigenvalue weighted by Gasteiger charge is 2.14. The van der Waals surface area contributed by atoms with Crippen LogP contribution in [0, 0.1) is 13.8 Å². The molecule has 4 rings (SSSR count). The first-order valence-electron chi connectivity index (χ1n) is 8.83. The predicted octanol–water partition coefficient (Wildman–Crippen LogP) is 2.83. The van der Waals surface area contributed by atoms with Crippen LogP contribution in [0.1, 0.15) is 15.3 Å². The van der Waals surface area contributed by atoms with E-state index in [1.54, 1.807) is 17.7 Å². The lowest BCUT2D eigenvalue weighted by atomic mass is 10.2.